The molecule has 1 saturated carbocycles. The minimum atomic E-state index is -4.49. The summed E-state index contributed by atoms with van der Waals surface area (Å²) >= 11 is -4.49. The van der Waals surface area contributed by atoms with Crippen LogP contribution >= 0.6 is 24.8 Å². The second kappa shape index (κ2) is 10.5. The minimum absolute atomic E-state index is 0. The average Bonchev–Trinajstić information content (AvgIpc) is 3.66. The number of hydrogen-bond donors (Lipinski definition) is 0. The van der Waals surface area contributed by atoms with Gasteiger partial charge in [-0.3, -0.25) is 0 Å². The van der Waals surface area contributed by atoms with Gasteiger partial charge in [-0.25, -0.2) is 0 Å². The van der Waals surface area contributed by atoms with Gasteiger partial charge in [0.25, 0.3) is 0 Å². The molecule has 5 aliphatic carbocycles. The van der Waals surface area contributed by atoms with Crippen molar-refractivity contribution in [2.24, 2.45) is 27.6 Å². The summed E-state index contributed by atoms with van der Waals surface area (Å²) in [5.41, 5.74) is 9.65. The number of benzene rings is 2. The van der Waals surface area contributed by atoms with E-state index in [-0.39, 0.29) is 49.6 Å². The van der Waals surface area contributed by atoms with Gasteiger partial charge in [-0.15, -0.1) is 24.8 Å². The van der Waals surface area contributed by atoms with E-state index >= 15 is 0 Å². The summed E-state index contributed by atoms with van der Waals surface area (Å²) in [6.45, 7) is 21.3. The predicted molar refractivity (Wildman–Crippen MR) is 199 cm³/mol. The standard InChI is InChI=1S/C29H37.C6H5.C5H5.CH3.CH2.2ClH.Zr/c1-18-25-22-17-19-13-9-10-14-20(19)24(22)21-15-11-12-16-23(21)29(25,8)28(6,7)27(4,5)26(18,2)3;1-2-4-6-5-3-1;1-2-4-5-3-1;;;;;/h9-11,13-15,23H,12,16-17H2,1-8H3;1-5H;1-3H,4H2;1H3;1H2;2*1H;. The van der Waals surface area contributed by atoms with Gasteiger partial charge in [0, 0.05) is 0 Å². The van der Waals surface area contributed by atoms with Crippen LogP contribution in [0.25, 0.3) is 5.57 Å². The monoisotopic (exact) mass is 718 g/mol. The van der Waals surface area contributed by atoms with Crippen LogP contribution in [0.15, 0.2) is 105 Å². The van der Waals surface area contributed by atoms with Crippen LogP contribution in [-0.2, 0) is 24.7 Å². The van der Waals surface area contributed by atoms with Crippen LogP contribution in [0.1, 0.15) is 85.8 Å². The van der Waals surface area contributed by atoms with Gasteiger partial charge in [0.2, 0.25) is 0 Å². The van der Waals surface area contributed by atoms with Crippen molar-refractivity contribution < 1.29 is 18.3 Å². The molecule has 0 radical (unpaired) electrons. The van der Waals surface area contributed by atoms with Crippen LogP contribution in [0.3, 0.4) is 0 Å². The molecule has 0 saturated heterocycles. The first-order valence-electron chi connectivity index (χ1n) is 16.8. The maximum atomic E-state index is 5.78. The van der Waals surface area contributed by atoms with Crippen molar-refractivity contribution in [3.63, 3.8) is 0 Å². The quantitative estimate of drug-likeness (QED) is 0.296. The molecule has 7 rings (SSSR count). The number of fused-ring (bicyclic) bond motifs is 6. The Hall–Kier alpha value is -1.53. The second-order valence-electron chi connectivity index (χ2n) is 17.0. The Labute approximate surface area is 286 Å². The van der Waals surface area contributed by atoms with Crippen molar-refractivity contribution in [1.82, 2.24) is 0 Å². The van der Waals surface area contributed by atoms with Gasteiger partial charge in [-0.2, -0.15) is 0 Å². The summed E-state index contributed by atoms with van der Waals surface area (Å²) in [7, 11) is 0. The summed E-state index contributed by atoms with van der Waals surface area (Å²) in [6.07, 6.45) is 16.7. The summed E-state index contributed by atoms with van der Waals surface area (Å²) < 4.78 is 11.6. The van der Waals surface area contributed by atoms with Crippen molar-refractivity contribution in [3.8, 4) is 0 Å². The Kier molecular flexibility index (Phi) is 8.11. The molecule has 0 bridgehead atoms. The molecule has 0 spiro atoms. The Balaban J connectivity index is 0.00000200. The van der Waals surface area contributed by atoms with E-state index in [0.29, 0.717) is 5.92 Å². The third kappa shape index (κ3) is 3.68. The first kappa shape index (κ1) is 34.8. The molecule has 2 aromatic carbocycles. The molecule has 1 fully saturated rings. The first-order chi connectivity index (χ1) is 20.1. The SMILES string of the molecule is Cl.Cl.[CH2]=[Zr]([CH3])([C]1=CC=CC1)([c]1ccccc1)[C]1(C)C2=C3Cc4ccccc4C3=C3C=CCCC3C2(C)C(C)(C)C(C)(C)C1(C)C. The zero-order valence-corrected chi connectivity index (χ0v) is 33.1. The van der Waals surface area contributed by atoms with Gasteiger partial charge in [0.05, 0.1) is 0 Å². The summed E-state index contributed by atoms with van der Waals surface area (Å²) in [5.74, 6) is 0.493. The molecule has 3 unspecified atom stereocenters. The fourth-order valence-electron chi connectivity index (χ4n) is 11.7. The normalized spacial score (nSPS) is 30.4. The zero-order chi connectivity index (χ0) is 30.9. The van der Waals surface area contributed by atoms with Gasteiger partial charge in [-0.1, -0.05) is 0 Å². The van der Waals surface area contributed by atoms with Gasteiger partial charge in [0.1, 0.15) is 0 Å². The van der Waals surface area contributed by atoms with E-state index in [4.69, 9.17) is 4.21 Å². The molecule has 2 aromatic rings. The number of allylic oxidation sites excluding steroid dienone is 10. The van der Waals surface area contributed by atoms with Crippen molar-refractivity contribution in [1.29, 1.82) is 0 Å². The Morgan fingerprint density at radius 3 is 2.07 bits per heavy atom. The summed E-state index contributed by atoms with van der Waals surface area (Å²) in [6, 6.07) is 21.0. The number of hydrogen-bond acceptors (Lipinski definition) is 0. The third-order valence-electron chi connectivity index (χ3n) is 15.8. The molecule has 3 atom stereocenters. The van der Waals surface area contributed by atoms with Crippen LogP contribution in [0, 0.1) is 27.6 Å². The van der Waals surface area contributed by atoms with E-state index in [1.165, 1.54) is 20.8 Å². The third-order valence-corrected chi connectivity index (χ3v) is 34.4. The van der Waals surface area contributed by atoms with E-state index in [0.717, 1.165) is 19.3 Å². The van der Waals surface area contributed by atoms with Gasteiger partial charge < -0.3 is 0 Å². The van der Waals surface area contributed by atoms with Crippen molar-refractivity contribution in [2.45, 2.75) is 88.8 Å². The molecule has 45 heavy (non-hydrogen) atoms. The topological polar surface area (TPSA) is 0 Å². The fourth-order valence-corrected chi connectivity index (χ4v) is 28.9. The van der Waals surface area contributed by atoms with Gasteiger partial charge >= 0.3 is 264 Å². The molecule has 0 N–H and O–H groups in total. The van der Waals surface area contributed by atoms with Gasteiger partial charge in [-0.05, 0) is 0 Å². The zero-order valence-electron chi connectivity index (χ0n) is 29.0. The number of halogens is 2. The molecule has 3 heteroatoms. The van der Waals surface area contributed by atoms with E-state index in [2.05, 4.69) is 145 Å². The van der Waals surface area contributed by atoms with E-state index in [1.807, 2.05) is 0 Å². The first-order valence-corrected chi connectivity index (χ1v) is 24.7. The van der Waals surface area contributed by atoms with E-state index in [1.54, 1.807) is 25.6 Å². The molecular weight excluding hydrogens is 667 g/mol. The Morgan fingerprint density at radius 2 is 1.42 bits per heavy atom. The Bertz CT molecular complexity index is 1790. The van der Waals surface area contributed by atoms with Crippen molar-refractivity contribution >= 4 is 37.9 Å². The van der Waals surface area contributed by atoms with Gasteiger partial charge in [0.15, 0.2) is 0 Å². The molecule has 0 heterocycles. The molecule has 240 valence electrons. The van der Waals surface area contributed by atoms with Crippen molar-refractivity contribution in [3.05, 3.63) is 116 Å². The van der Waals surface area contributed by atoms with Crippen LogP contribution in [-0.4, -0.2) is 4.21 Å². The molecule has 0 aliphatic heterocycles. The summed E-state index contributed by atoms with van der Waals surface area (Å²) in [5, 5.41) is 0. The average molecular weight is 721 g/mol. The molecular formula is C42H54Cl2Zr. The molecule has 0 amide bonds. The number of rotatable bonds is 3. The Morgan fingerprint density at radius 1 is 0.778 bits per heavy atom. The molecule has 0 nitrogen and oxygen atoms in total. The maximum absolute atomic E-state index is 5.78. The van der Waals surface area contributed by atoms with Crippen LogP contribution in [0.2, 0.25) is 7.75 Å². The van der Waals surface area contributed by atoms with E-state index in [9.17, 15) is 0 Å². The molecule has 5 aliphatic rings. The second-order valence-corrected chi connectivity index (χ2v) is 32.3. The van der Waals surface area contributed by atoms with Crippen LogP contribution in [0.4, 0.5) is 0 Å². The fraction of sp³-hybridized carbons (Fsp3) is 0.452. The van der Waals surface area contributed by atoms with Crippen molar-refractivity contribution in [2.75, 3.05) is 0 Å². The molecule has 0 aromatic heterocycles. The summed E-state index contributed by atoms with van der Waals surface area (Å²) in [4.78, 5) is 0. The van der Waals surface area contributed by atoms with E-state index < -0.39 is 18.3 Å². The van der Waals surface area contributed by atoms with Crippen LogP contribution in [0.5, 0.6) is 0 Å². The van der Waals surface area contributed by atoms with Crippen LogP contribution < -0.4 is 3.27 Å². The predicted octanol–water partition coefficient (Wildman–Crippen LogP) is 11.7.